The van der Waals surface area contributed by atoms with E-state index in [1.807, 2.05) is 27.7 Å². The van der Waals surface area contributed by atoms with Gasteiger partial charge in [0, 0.05) is 0 Å². The van der Waals surface area contributed by atoms with Crippen molar-refractivity contribution < 1.29 is 4.74 Å². The van der Waals surface area contributed by atoms with Crippen LogP contribution in [0.15, 0.2) is 24.3 Å². The summed E-state index contributed by atoms with van der Waals surface area (Å²) in [6, 6.07) is 8.46. The van der Waals surface area contributed by atoms with Gasteiger partial charge in [-0.15, -0.1) is 0 Å². The third kappa shape index (κ3) is 6.59. The fourth-order valence-corrected chi connectivity index (χ4v) is 1.31. The Bertz CT molecular complexity index is 211. The van der Waals surface area contributed by atoms with Gasteiger partial charge < -0.3 is 10.5 Å². The van der Waals surface area contributed by atoms with Gasteiger partial charge in [-0.05, 0) is 24.6 Å². The molecule has 0 aliphatic carbocycles. The van der Waals surface area contributed by atoms with E-state index in [0.717, 1.165) is 19.6 Å². The highest BCUT2D eigenvalue weighted by Crippen LogP contribution is 2.14. The lowest BCUT2D eigenvalue weighted by Gasteiger charge is -2.14. The average molecular weight is 225 g/mol. The van der Waals surface area contributed by atoms with E-state index in [4.69, 9.17) is 4.74 Å². The van der Waals surface area contributed by atoms with Gasteiger partial charge in [0.05, 0.1) is 13.2 Å². The van der Waals surface area contributed by atoms with Crippen LogP contribution in [-0.2, 0) is 17.8 Å². The number of ether oxygens (including phenoxy) is 1. The Morgan fingerprint density at radius 3 is 1.94 bits per heavy atom. The van der Waals surface area contributed by atoms with Gasteiger partial charge in [0.1, 0.15) is 0 Å². The Morgan fingerprint density at radius 2 is 1.44 bits per heavy atom. The van der Waals surface area contributed by atoms with E-state index in [1.165, 1.54) is 18.2 Å². The van der Waals surface area contributed by atoms with Crippen molar-refractivity contribution in [3.05, 3.63) is 35.4 Å². The van der Waals surface area contributed by atoms with Gasteiger partial charge in [-0.2, -0.15) is 0 Å². The van der Waals surface area contributed by atoms with Gasteiger partial charge in [0.25, 0.3) is 0 Å². The largest absolute Gasteiger partial charge is 0.376 e. The maximum Gasteiger partial charge on any atom is 0.0719 e. The second kappa shape index (κ2) is 14.1. The molecule has 0 aromatic heterocycles. The molecule has 94 valence electrons. The van der Waals surface area contributed by atoms with E-state index in [9.17, 15) is 0 Å². The minimum Gasteiger partial charge on any atom is -0.376 e. The second-order valence-electron chi connectivity index (χ2n) is 2.57. The summed E-state index contributed by atoms with van der Waals surface area (Å²) >= 11 is 0. The molecule has 2 N–H and O–H groups in total. The number of nitrogens with two attached hydrogens (primary N) is 1. The summed E-state index contributed by atoms with van der Waals surface area (Å²) in [7, 11) is 1.50. The summed E-state index contributed by atoms with van der Waals surface area (Å²) in [4.78, 5) is 0. The first kappa shape index (κ1) is 17.5. The van der Waals surface area contributed by atoms with Gasteiger partial charge in [0.2, 0.25) is 0 Å². The van der Waals surface area contributed by atoms with Gasteiger partial charge in [0.15, 0.2) is 0 Å². The Hall–Kier alpha value is -0.860. The van der Waals surface area contributed by atoms with Crippen LogP contribution in [0.2, 0.25) is 0 Å². The van der Waals surface area contributed by atoms with Crippen molar-refractivity contribution in [1.82, 2.24) is 0 Å². The minimum atomic E-state index is 0.802. The van der Waals surface area contributed by atoms with Crippen LogP contribution in [0.25, 0.3) is 0 Å². The van der Waals surface area contributed by atoms with Crippen molar-refractivity contribution in [2.45, 2.75) is 40.7 Å². The van der Waals surface area contributed by atoms with E-state index < -0.39 is 0 Å². The molecule has 0 amide bonds. The molecule has 2 nitrogen and oxygen atoms in total. The third-order valence-corrected chi connectivity index (χ3v) is 1.89. The lowest BCUT2D eigenvalue weighted by molar-refractivity contribution is 0.111. The fourth-order valence-electron chi connectivity index (χ4n) is 1.31. The highest BCUT2D eigenvalue weighted by atomic mass is 16.5. The molecule has 1 aromatic rings. The Labute approximate surface area is 101 Å². The van der Waals surface area contributed by atoms with Crippen LogP contribution >= 0.6 is 0 Å². The zero-order chi connectivity index (χ0) is 12.8. The predicted octanol–water partition coefficient (Wildman–Crippen LogP) is 3.39. The maximum absolute atomic E-state index is 5.30. The maximum atomic E-state index is 5.30. The molecule has 1 aliphatic heterocycles. The standard InChI is InChI=1S/C9H10O.2C2H6.CH5N/c1-2-4-9-7-10-6-5-8(9)3-1;3*1-2/h1-4H,5-7H2;2*1-2H3;2H2,1H3. The normalized spacial score (nSPS) is 11.4. The number of fused-ring (bicyclic) bond motifs is 1. The van der Waals surface area contributed by atoms with Crippen molar-refractivity contribution in [3.63, 3.8) is 0 Å². The predicted molar refractivity (Wildman–Crippen MR) is 72.6 cm³/mol. The van der Waals surface area contributed by atoms with Gasteiger partial charge in [-0.25, -0.2) is 0 Å². The first-order valence-corrected chi connectivity index (χ1v) is 6.19. The molecule has 1 heterocycles. The summed E-state index contributed by atoms with van der Waals surface area (Å²) in [6.07, 6.45) is 1.08. The average Bonchev–Trinajstić information content (AvgIpc) is 2.45. The van der Waals surface area contributed by atoms with Crippen LogP contribution in [-0.4, -0.2) is 13.7 Å². The summed E-state index contributed by atoms with van der Waals surface area (Å²) in [6.45, 7) is 9.69. The number of benzene rings is 1. The first-order chi connectivity index (χ1) is 7.97. The van der Waals surface area contributed by atoms with E-state index in [1.54, 1.807) is 0 Å². The van der Waals surface area contributed by atoms with Gasteiger partial charge >= 0.3 is 0 Å². The summed E-state index contributed by atoms with van der Waals surface area (Å²) in [5, 5.41) is 0. The Balaban J connectivity index is 0. The zero-order valence-electron chi connectivity index (χ0n) is 11.4. The van der Waals surface area contributed by atoms with Crippen LogP contribution < -0.4 is 5.73 Å². The monoisotopic (exact) mass is 225 g/mol. The van der Waals surface area contributed by atoms with Crippen LogP contribution in [0.1, 0.15) is 38.8 Å². The molecular formula is C14H27NO. The van der Waals surface area contributed by atoms with Gasteiger partial charge in [-0.1, -0.05) is 52.0 Å². The minimum absolute atomic E-state index is 0.802. The van der Waals surface area contributed by atoms with Crippen LogP contribution in [0.3, 0.4) is 0 Å². The number of hydrogen-bond donors (Lipinski definition) is 1. The van der Waals surface area contributed by atoms with E-state index in [-0.39, 0.29) is 0 Å². The summed E-state index contributed by atoms with van der Waals surface area (Å²) < 4.78 is 5.30. The Morgan fingerprint density at radius 1 is 0.938 bits per heavy atom. The summed E-state index contributed by atoms with van der Waals surface area (Å²) in [5.74, 6) is 0. The van der Waals surface area contributed by atoms with Crippen LogP contribution in [0, 0.1) is 0 Å². The van der Waals surface area contributed by atoms with Crippen molar-refractivity contribution in [2.75, 3.05) is 13.7 Å². The summed E-state index contributed by atoms with van der Waals surface area (Å²) in [5.41, 5.74) is 7.31. The van der Waals surface area contributed by atoms with Crippen molar-refractivity contribution in [3.8, 4) is 0 Å². The lowest BCUT2D eigenvalue weighted by atomic mass is 10.0. The molecule has 0 saturated carbocycles. The molecule has 2 heteroatoms. The molecular weight excluding hydrogens is 198 g/mol. The first-order valence-electron chi connectivity index (χ1n) is 6.19. The highest BCUT2D eigenvalue weighted by molar-refractivity contribution is 5.27. The molecule has 1 aromatic carbocycles. The van der Waals surface area contributed by atoms with Crippen molar-refractivity contribution in [1.29, 1.82) is 0 Å². The molecule has 0 saturated heterocycles. The number of hydrogen-bond acceptors (Lipinski definition) is 2. The second-order valence-corrected chi connectivity index (χ2v) is 2.57. The van der Waals surface area contributed by atoms with E-state index in [2.05, 4.69) is 30.0 Å². The van der Waals surface area contributed by atoms with Gasteiger partial charge in [-0.3, -0.25) is 0 Å². The van der Waals surface area contributed by atoms with Crippen LogP contribution in [0.5, 0.6) is 0 Å². The molecule has 0 spiro atoms. The van der Waals surface area contributed by atoms with Crippen molar-refractivity contribution in [2.24, 2.45) is 5.73 Å². The third-order valence-electron chi connectivity index (χ3n) is 1.89. The lowest BCUT2D eigenvalue weighted by Crippen LogP contribution is -2.08. The topological polar surface area (TPSA) is 35.2 Å². The molecule has 0 radical (unpaired) electrons. The van der Waals surface area contributed by atoms with E-state index in [0.29, 0.717) is 0 Å². The van der Waals surface area contributed by atoms with Crippen LogP contribution in [0.4, 0.5) is 0 Å². The van der Waals surface area contributed by atoms with E-state index >= 15 is 0 Å². The number of rotatable bonds is 0. The smallest absolute Gasteiger partial charge is 0.0719 e. The molecule has 0 atom stereocenters. The fraction of sp³-hybridized carbons (Fsp3) is 0.571. The molecule has 16 heavy (non-hydrogen) atoms. The molecule has 2 rings (SSSR count). The SMILES string of the molecule is CC.CC.CN.c1ccc2c(c1)CCOC2. The Kier molecular flexibility index (Phi) is 15.5. The molecule has 1 aliphatic rings. The highest BCUT2D eigenvalue weighted by Gasteiger charge is 2.06. The zero-order valence-corrected chi connectivity index (χ0v) is 11.4. The van der Waals surface area contributed by atoms with Crippen molar-refractivity contribution >= 4 is 0 Å². The molecule has 0 bridgehead atoms. The molecule has 0 unspecified atom stereocenters. The molecule has 0 fully saturated rings. The quantitative estimate of drug-likeness (QED) is 0.734.